The van der Waals surface area contributed by atoms with E-state index in [9.17, 15) is 0 Å². The van der Waals surface area contributed by atoms with Gasteiger partial charge in [0.05, 0.1) is 19.8 Å². The molecule has 6 N–H and O–H groups in total. The van der Waals surface area contributed by atoms with Crippen molar-refractivity contribution >= 4 is 17.8 Å². The normalized spacial score (nSPS) is 10.4. The summed E-state index contributed by atoms with van der Waals surface area (Å²) in [6.45, 7) is 0.615. The van der Waals surface area contributed by atoms with Crippen molar-refractivity contribution in [1.29, 1.82) is 0 Å². The van der Waals surface area contributed by atoms with E-state index in [0.717, 1.165) is 0 Å². The van der Waals surface area contributed by atoms with Crippen LogP contribution < -0.4 is 16.0 Å². The quantitative estimate of drug-likeness (QED) is 0.346. The van der Waals surface area contributed by atoms with Crippen molar-refractivity contribution < 1.29 is 15.3 Å². The minimum Gasteiger partial charge on any atom is -0.395 e. The second-order valence-corrected chi connectivity index (χ2v) is 3.40. The maximum Gasteiger partial charge on any atom is 0.232 e. The van der Waals surface area contributed by atoms with E-state index in [1.165, 1.54) is 0 Å². The number of nitrogens with one attached hydrogen (secondary N) is 1. The Bertz CT molecular complexity index is 358. The Morgan fingerprint density at radius 1 is 1.00 bits per heavy atom. The Balaban J connectivity index is 2.87. The van der Waals surface area contributed by atoms with Crippen LogP contribution in [0.25, 0.3) is 0 Å². The zero-order valence-corrected chi connectivity index (χ0v) is 9.95. The van der Waals surface area contributed by atoms with Gasteiger partial charge in [0.1, 0.15) is 0 Å². The highest BCUT2D eigenvalue weighted by Gasteiger charge is 2.11. The van der Waals surface area contributed by atoms with Crippen molar-refractivity contribution in [2.24, 2.45) is 0 Å². The van der Waals surface area contributed by atoms with Gasteiger partial charge in [0.25, 0.3) is 0 Å². The minimum absolute atomic E-state index is 0.0290. The van der Waals surface area contributed by atoms with Crippen LogP contribution in [-0.4, -0.2) is 69.7 Å². The molecule has 0 aliphatic heterocycles. The van der Waals surface area contributed by atoms with Crippen LogP contribution in [0.1, 0.15) is 0 Å². The second-order valence-electron chi connectivity index (χ2n) is 3.40. The zero-order chi connectivity index (χ0) is 13.4. The number of anilines is 3. The summed E-state index contributed by atoms with van der Waals surface area (Å²) >= 11 is 0. The van der Waals surface area contributed by atoms with Gasteiger partial charge in [0.15, 0.2) is 0 Å². The fourth-order valence-corrected chi connectivity index (χ4v) is 1.32. The van der Waals surface area contributed by atoms with Gasteiger partial charge in [-0.3, -0.25) is 0 Å². The van der Waals surface area contributed by atoms with Gasteiger partial charge in [-0.15, -0.1) is 0 Å². The molecule has 0 bridgehead atoms. The van der Waals surface area contributed by atoms with E-state index in [-0.39, 0.29) is 50.8 Å². The maximum atomic E-state index is 8.93. The molecule has 0 aliphatic carbocycles. The third kappa shape index (κ3) is 4.28. The maximum absolute atomic E-state index is 8.93. The lowest BCUT2D eigenvalue weighted by Gasteiger charge is -2.20. The van der Waals surface area contributed by atoms with Crippen molar-refractivity contribution in [3.05, 3.63) is 0 Å². The molecule has 0 aromatic carbocycles. The van der Waals surface area contributed by atoms with Gasteiger partial charge in [0, 0.05) is 19.6 Å². The van der Waals surface area contributed by atoms with E-state index in [2.05, 4.69) is 20.3 Å². The third-order valence-corrected chi connectivity index (χ3v) is 2.06. The molecule has 0 spiro atoms. The number of aliphatic hydroxyl groups is 3. The Kier molecular flexibility index (Phi) is 6.05. The molecule has 9 heteroatoms. The average Bonchev–Trinajstić information content (AvgIpc) is 2.35. The van der Waals surface area contributed by atoms with Crippen LogP contribution in [0, 0.1) is 0 Å². The Labute approximate surface area is 104 Å². The fraction of sp³-hybridized carbons (Fsp3) is 0.667. The molecule has 1 rings (SSSR count). The first kappa shape index (κ1) is 14.4. The van der Waals surface area contributed by atoms with Crippen LogP contribution in [0.5, 0.6) is 0 Å². The lowest BCUT2D eigenvalue weighted by atomic mass is 10.5. The predicted molar refractivity (Wildman–Crippen MR) is 66.2 cm³/mol. The van der Waals surface area contributed by atoms with E-state index < -0.39 is 0 Å². The Morgan fingerprint density at radius 2 is 1.67 bits per heavy atom. The SMILES string of the molecule is Nc1nc(NCCO)nc(N(CCO)CCO)n1. The van der Waals surface area contributed by atoms with Gasteiger partial charge in [-0.1, -0.05) is 0 Å². The predicted octanol–water partition coefficient (Wildman–Crippen LogP) is -2.35. The standard InChI is InChI=1S/C9H18N6O3/c10-7-12-8(11-1-4-16)14-9(13-7)15(2-5-17)3-6-18/h16-18H,1-6H2,(H3,10,11,12,13,14). The highest BCUT2D eigenvalue weighted by atomic mass is 16.3. The Hall–Kier alpha value is -1.71. The average molecular weight is 258 g/mol. The summed E-state index contributed by atoms with van der Waals surface area (Å²) in [5, 5.41) is 29.3. The van der Waals surface area contributed by atoms with E-state index in [1.807, 2.05) is 0 Å². The summed E-state index contributed by atoms with van der Waals surface area (Å²) in [5.74, 6) is 0.541. The smallest absolute Gasteiger partial charge is 0.232 e. The summed E-state index contributed by atoms with van der Waals surface area (Å²) < 4.78 is 0. The monoisotopic (exact) mass is 258 g/mol. The van der Waals surface area contributed by atoms with Crippen LogP contribution in [0.4, 0.5) is 17.8 Å². The number of hydrogen-bond acceptors (Lipinski definition) is 9. The molecular weight excluding hydrogens is 240 g/mol. The molecule has 0 saturated heterocycles. The van der Waals surface area contributed by atoms with E-state index in [1.54, 1.807) is 4.90 Å². The molecular formula is C9H18N6O3. The van der Waals surface area contributed by atoms with E-state index >= 15 is 0 Å². The first-order chi connectivity index (χ1) is 8.71. The highest BCUT2D eigenvalue weighted by molar-refractivity contribution is 5.41. The summed E-state index contributed by atoms with van der Waals surface area (Å²) in [5.41, 5.74) is 5.54. The molecule has 0 aliphatic rings. The van der Waals surface area contributed by atoms with Crippen molar-refractivity contribution in [3.63, 3.8) is 0 Å². The number of nitrogens with two attached hydrogens (primary N) is 1. The molecule has 1 heterocycles. The van der Waals surface area contributed by atoms with Gasteiger partial charge in [-0.25, -0.2) is 0 Å². The fourth-order valence-electron chi connectivity index (χ4n) is 1.32. The van der Waals surface area contributed by atoms with Crippen LogP contribution in [0.3, 0.4) is 0 Å². The van der Waals surface area contributed by atoms with Crippen LogP contribution in [-0.2, 0) is 0 Å². The molecule has 1 aromatic rings. The summed E-state index contributed by atoms with van der Waals surface area (Å²) in [6, 6.07) is 0. The van der Waals surface area contributed by atoms with Crippen LogP contribution in [0.15, 0.2) is 0 Å². The van der Waals surface area contributed by atoms with Crippen molar-refractivity contribution in [2.75, 3.05) is 55.4 Å². The lowest BCUT2D eigenvalue weighted by Crippen LogP contribution is -2.32. The summed E-state index contributed by atoms with van der Waals surface area (Å²) in [6.07, 6.45) is 0. The molecule has 1 aromatic heterocycles. The van der Waals surface area contributed by atoms with Gasteiger partial charge < -0.3 is 31.3 Å². The summed E-state index contributed by atoms with van der Waals surface area (Å²) in [7, 11) is 0. The summed E-state index contributed by atoms with van der Waals surface area (Å²) in [4.78, 5) is 13.5. The van der Waals surface area contributed by atoms with Crippen LogP contribution in [0.2, 0.25) is 0 Å². The zero-order valence-electron chi connectivity index (χ0n) is 9.95. The first-order valence-corrected chi connectivity index (χ1v) is 5.54. The number of nitrogens with zero attached hydrogens (tertiary/aromatic N) is 4. The molecule has 0 fully saturated rings. The first-order valence-electron chi connectivity index (χ1n) is 5.54. The number of aliphatic hydroxyl groups excluding tert-OH is 3. The lowest BCUT2D eigenvalue weighted by molar-refractivity contribution is 0.280. The number of rotatable bonds is 8. The minimum atomic E-state index is -0.0923. The molecule has 0 atom stereocenters. The highest BCUT2D eigenvalue weighted by Crippen LogP contribution is 2.11. The van der Waals surface area contributed by atoms with Crippen molar-refractivity contribution in [3.8, 4) is 0 Å². The van der Waals surface area contributed by atoms with Gasteiger partial charge in [-0.05, 0) is 0 Å². The largest absolute Gasteiger partial charge is 0.395 e. The van der Waals surface area contributed by atoms with Crippen molar-refractivity contribution in [1.82, 2.24) is 15.0 Å². The van der Waals surface area contributed by atoms with Gasteiger partial charge >= 0.3 is 0 Å². The Morgan fingerprint density at radius 3 is 2.22 bits per heavy atom. The molecule has 0 unspecified atom stereocenters. The number of aromatic nitrogens is 3. The van der Waals surface area contributed by atoms with Gasteiger partial charge in [-0.2, -0.15) is 15.0 Å². The van der Waals surface area contributed by atoms with E-state index in [4.69, 9.17) is 21.1 Å². The second kappa shape index (κ2) is 7.58. The van der Waals surface area contributed by atoms with Gasteiger partial charge in [0.2, 0.25) is 17.8 Å². The van der Waals surface area contributed by atoms with Crippen molar-refractivity contribution in [2.45, 2.75) is 0 Å². The molecule has 102 valence electrons. The molecule has 0 amide bonds. The topological polar surface area (TPSA) is 141 Å². The number of nitrogen functional groups attached to an aromatic ring is 1. The molecule has 18 heavy (non-hydrogen) atoms. The third-order valence-electron chi connectivity index (χ3n) is 2.06. The molecule has 0 saturated carbocycles. The molecule has 9 nitrogen and oxygen atoms in total. The van der Waals surface area contributed by atoms with Crippen LogP contribution >= 0.6 is 0 Å². The van der Waals surface area contributed by atoms with E-state index in [0.29, 0.717) is 6.54 Å². The number of hydrogen-bond donors (Lipinski definition) is 5. The molecule has 0 radical (unpaired) electrons.